The molecule has 3 unspecified atom stereocenters. The summed E-state index contributed by atoms with van der Waals surface area (Å²) in [5.41, 5.74) is 6.44. The van der Waals surface area contributed by atoms with Gasteiger partial charge in [0.2, 0.25) is 0 Å². The van der Waals surface area contributed by atoms with Crippen LogP contribution in [0.3, 0.4) is 0 Å². The molecule has 3 heteroatoms. The topological polar surface area (TPSA) is 32.5 Å². The van der Waals surface area contributed by atoms with Crippen molar-refractivity contribution in [3.63, 3.8) is 0 Å². The molecule has 108 valence electrons. The Morgan fingerprint density at radius 2 is 2.00 bits per heavy atom. The van der Waals surface area contributed by atoms with Crippen molar-refractivity contribution in [3.8, 4) is 0 Å². The number of hydrogen-bond donors (Lipinski definition) is 1. The Balaban J connectivity index is 2.77. The van der Waals surface area contributed by atoms with Crippen LogP contribution >= 0.6 is 0 Å². The quantitative estimate of drug-likeness (QED) is 0.757. The summed E-state index contributed by atoms with van der Waals surface area (Å²) in [7, 11) is 4.31. The SMILES string of the molecule is CCC1CCC(CN)(N(CC)C(C)CN(C)C)C1. The van der Waals surface area contributed by atoms with Gasteiger partial charge in [-0.1, -0.05) is 20.3 Å². The molecule has 0 bridgehead atoms. The molecule has 3 nitrogen and oxygen atoms in total. The van der Waals surface area contributed by atoms with E-state index in [0.717, 1.165) is 25.6 Å². The fraction of sp³-hybridized carbons (Fsp3) is 1.00. The van der Waals surface area contributed by atoms with E-state index in [1.807, 2.05) is 0 Å². The van der Waals surface area contributed by atoms with Crippen LogP contribution in [-0.4, -0.2) is 55.1 Å². The number of rotatable bonds is 7. The monoisotopic (exact) mass is 255 g/mol. The third kappa shape index (κ3) is 3.46. The van der Waals surface area contributed by atoms with Crippen molar-refractivity contribution in [2.45, 2.75) is 58.0 Å². The molecule has 1 aliphatic carbocycles. The molecule has 2 N–H and O–H groups in total. The van der Waals surface area contributed by atoms with Gasteiger partial charge < -0.3 is 10.6 Å². The van der Waals surface area contributed by atoms with Crippen LogP contribution in [0.4, 0.5) is 0 Å². The minimum Gasteiger partial charge on any atom is -0.329 e. The minimum atomic E-state index is 0.269. The second kappa shape index (κ2) is 6.88. The summed E-state index contributed by atoms with van der Waals surface area (Å²) in [4.78, 5) is 4.95. The second-order valence-corrected chi connectivity index (χ2v) is 6.34. The lowest BCUT2D eigenvalue weighted by Crippen LogP contribution is -2.57. The van der Waals surface area contributed by atoms with E-state index in [-0.39, 0.29) is 5.54 Å². The normalized spacial score (nSPS) is 30.3. The summed E-state index contributed by atoms with van der Waals surface area (Å²) in [6.45, 7) is 9.99. The molecule has 0 aromatic rings. The Morgan fingerprint density at radius 1 is 1.33 bits per heavy atom. The van der Waals surface area contributed by atoms with E-state index < -0.39 is 0 Å². The summed E-state index contributed by atoms with van der Waals surface area (Å²) < 4.78 is 0. The molecular weight excluding hydrogens is 222 g/mol. The third-order valence-electron chi connectivity index (χ3n) is 4.76. The van der Waals surface area contributed by atoms with Gasteiger partial charge in [0.05, 0.1) is 0 Å². The van der Waals surface area contributed by atoms with E-state index in [1.165, 1.54) is 25.7 Å². The Kier molecular flexibility index (Phi) is 6.09. The van der Waals surface area contributed by atoms with Crippen LogP contribution < -0.4 is 5.73 Å². The van der Waals surface area contributed by atoms with E-state index in [1.54, 1.807) is 0 Å². The Morgan fingerprint density at radius 3 is 2.39 bits per heavy atom. The zero-order chi connectivity index (χ0) is 13.8. The predicted molar refractivity (Wildman–Crippen MR) is 79.8 cm³/mol. The Hall–Kier alpha value is -0.120. The zero-order valence-electron chi connectivity index (χ0n) is 13.1. The van der Waals surface area contributed by atoms with Crippen molar-refractivity contribution in [2.75, 3.05) is 33.7 Å². The highest BCUT2D eigenvalue weighted by Crippen LogP contribution is 2.40. The lowest BCUT2D eigenvalue weighted by Gasteiger charge is -2.45. The molecule has 0 radical (unpaired) electrons. The molecule has 0 saturated heterocycles. The van der Waals surface area contributed by atoms with E-state index in [2.05, 4.69) is 44.7 Å². The maximum atomic E-state index is 6.18. The zero-order valence-corrected chi connectivity index (χ0v) is 13.1. The number of nitrogens with two attached hydrogens (primary N) is 1. The number of hydrogen-bond acceptors (Lipinski definition) is 3. The molecular formula is C15H33N3. The highest BCUT2D eigenvalue weighted by atomic mass is 15.3. The van der Waals surface area contributed by atoms with Crippen molar-refractivity contribution < 1.29 is 0 Å². The Labute approximate surface area is 114 Å². The van der Waals surface area contributed by atoms with Gasteiger partial charge in [-0.05, 0) is 52.7 Å². The first-order valence-electron chi connectivity index (χ1n) is 7.60. The molecule has 0 aliphatic heterocycles. The Bertz CT molecular complexity index is 242. The van der Waals surface area contributed by atoms with Crippen molar-refractivity contribution in [2.24, 2.45) is 11.7 Å². The smallest absolute Gasteiger partial charge is 0.0337 e. The molecule has 0 heterocycles. The van der Waals surface area contributed by atoms with Gasteiger partial charge >= 0.3 is 0 Å². The molecule has 3 atom stereocenters. The number of likely N-dealkylation sites (N-methyl/N-ethyl adjacent to an activating group) is 2. The van der Waals surface area contributed by atoms with Crippen LogP contribution in [0.25, 0.3) is 0 Å². The van der Waals surface area contributed by atoms with Crippen molar-refractivity contribution in [3.05, 3.63) is 0 Å². The maximum absolute atomic E-state index is 6.18. The maximum Gasteiger partial charge on any atom is 0.0337 e. The van der Waals surface area contributed by atoms with Gasteiger partial charge in [0.1, 0.15) is 0 Å². The first-order chi connectivity index (χ1) is 8.49. The molecule has 0 amide bonds. The van der Waals surface area contributed by atoms with Gasteiger partial charge in [-0.3, -0.25) is 4.90 Å². The van der Waals surface area contributed by atoms with Gasteiger partial charge in [0, 0.05) is 24.7 Å². The van der Waals surface area contributed by atoms with E-state index in [4.69, 9.17) is 5.73 Å². The fourth-order valence-electron chi connectivity index (χ4n) is 3.87. The second-order valence-electron chi connectivity index (χ2n) is 6.34. The first kappa shape index (κ1) is 15.9. The molecule has 1 rings (SSSR count). The first-order valence-corrected chi connectivity index (χ1v) is 7.60. The fourth-order valence-corrected chi connectivity index (χ4v) is 3.87. The van der Waals surface area contributed by atoms with Crippen molar-refractivity contribution in [1.82, 2.24) is 9.80 Å². The summed E-state index contributed by atoms with van der Waals surface area (Å²) in [5.74, 6) is 0.883. The molecule has 0 spiro atoms. The van der Waals surface area contributed by atoms with Gasteiger partial charge in [-0.2, -0.15) is 0 Å². The number of nitrogens with zero attached hydrogens (tertiary/aromatic N) is 2. The summed E-state index contributed by atoms with van der Waals surface area (Å²) >= 11 is 0. The lowest BCUT2D eigenvalue weighted by molar-refractivity contribution is 0.0495. The molecule has 1 saturated carbocycles. The van der Waals surface area contributed by atoms with Crippen LogP contribution in [0, 0.1) is 5.92 Å². The average Bonchev–Trinajstić information content (AvgIpc) is 2.74. The molecule has 0 aromatic carbocycles. The largest absolute Gasteiger partial charge is 0.329 e. The van der Waals surface area contributed by atoms with Crippen LogP contribution in [0.15, 0.2) is 0 Å². The molecule has 18 heavy (non-hydrogen) atoms. The predicted octanol–water partition coefficient (Wildman–Crippen LogP) is 2.17. The van der Waals surface area contributed by atoms with Gasteiger partial charge in [0.15, 0.2) is 0 Å². The van der Waals surface area contributed by atoms with Crippen molar-refractivity contribution in [1.29, 1.82) is 0 Å². The van der Waals surface area contributed by atoms with Crippen LogP contribution in [0.1, 0.15) is 46.5 Å². The third-order valence-corrected chi connectivity index (χ3v) is 4.76. The van der Waals surface area contributed by atoms with Gasteiger partial charge in [0.25, 0.3) is 0 Å². The molecule has 1 aliphatic rings. The standard InChI is InChI=1S/C15H33N3/c1-6-14-8-9-15(10-14,12-16)18(7-2)13(3)11-17(4)5/h13-14H,6-12,16H2,1-5H3. The summed E-state index contributed by atoms with van der Waals surface area (Å²) in [5, 5.41) is 0. The van der Waals surface area contributed by atoms with E-state index in [9.17, 15) is 0 Å². The minimum absolute atomic E-state index is 0.269. The van der Waals surface area contributed by atoms with Crippen LogP contribution in [-0.2, 0) is 0 Å². The van der Waals surface area contributed by atoms with Crippen LogP contribution in [0.2, 0.25) is 0 Å². The molecule has 0 aromatic heterocycles. The lowest BCUT2D eigenvalue weighted by atomic mass is 9.91. The van der Waals surface area contributed by atoms with E-state index in [0.29, 0.717) is 6.04 Å². The highest BCUT2D eigenvalue weighted by molar-refractivity contribution is 5.00. The van der Waals surface area contributed by atoms with E-state index >= 15 is 0 Å². The van der Waals surface area contributed by atoms with Gasteiger partial charge in [-0.15, -0.1) is 0 Å². The molecule has 1 fully saturated rings. The van der Waals surface area contributed by atoms with Gasteiger partial charge in [-0.25, -0.2) is 0 Å². The van der Waals surface area contributed by atoms with Crippen LogP contribution in [0.5, 0.6) is 0 Å². The summed E-state index contributed by atoms with van der Waals surface area (Å²) in [6, 6.07) is 0.587. The highest BCUT2D eigenvalue weighted by Gasteiger charge is 2.43. The summed E-state index contributed by atoms with van der Waals surface area (Å²) in [6.07, 6.45) is 5.25. The average molecular weight is 255 g/mol. The van der Waals surface area contributed by atoms with Crippen molar-refractivity contribution >= 4 is 0 Å².